The zero-order valence-corrected chi connectivity index (χ0v) is 24.1. The van der Waals surface area contributed by atoms with Gasteiger partial charge in [0.2, 0.25) is 5.91 Å². The molecule has 1 saturated heterocycles. The number of likely N-dealkylation sites (tertiary alicyclic amines) is 1. The highest BCUT2D eigenvalue weighted by Crippen LogP contribution is 2.52. The number of sulfone groups is 1. The number of piperidine rings is 1. The second kappa shape index (κ2) is 11.3. The first-order valence-electron chi connectivity index (χ1n) is 12.4. The summed E-state index contributed by atoms with van der Waals surface area (Å²) in [5, 5.41) is 10.2. The summed E-state index contributed by atoms with van der Waals surface area (Å²) in [6.45, 7) is 8.71. The molecule has 1 fully saturated rings. The van der Waals surface area contributed by atoms with Gasteiger partial charge in [0.25, 0.3) is 0 Å². The summed E-state index contributed by atoms with van der Waals surface area (Å²) in [5.74, 6) is -2.19. The summed E-state index contributed by atoms with van der Waals surface area (Å²) in [7, 11) is -3.53. The van der Waals surface area contributed by atoms with Crippen LogP contribution >= 0.6 is 23.2 Å². The van der Waals surface area contributed by atoms with Crippen molar-refractivity contribution in [2.24, 2.45) is 11.3 Å². The molecule has 1 aliphatic heterocycles. The van der Waals surface area contributed by atoms with Crippen molar-refractivity contribution in [1.29, 1.82) is 0 Å². The highest BCUT2D eigenvalue weighted by Gasteiger charge is 2.53. The molecule has 2 aromatic carbocycles. The van der Waals surface area contributed by atoms with Gasteiger partial charge in [-0.25, -0.2) is 8.42 Å². The van der Waals surface area contributed by atoms with E-state index in [0.717, 1.165) is 11.1 Å². The number of carboxylic acids is 1. The molecule has 1 amide bonds. The van der Waals surface area contributed by atoms with Gasteiger partial charge in [0, 0.05) is 22.0 Å². The Bertz CT molecular complexity index is 1250. The van der Waals surface area contributed by atoms with Crippen LogP contribution in [-0.2, 0) is 19.4 Å². The third-order valence-electron chi connectivity index (χ3n) is 7.38. The molecule has 0 saturated carbocycles. The van der Waals surface area contributed by atoms with Crippen LogP contribution in [0.2, 0.25) is 10.0 Å². The SMILES string of the molecule is CC(C)[C@@H](CS(=O)(=O)C(C)C)N1C(=O)C(C)(CC(=O)O)C[C@H](c2cccc(Cl)c2)[C@H]1c1ccc(Cl)cc1. The van der Waals surface area contributed by atoms with E-state index in [2.05, 4.69) is 0 Å². The summed E-state index contributed by atoms with van der Waals surface area (Å²) >= 11 is 12.5. The molecule has 6 nitrogen and oxygen atoms in total. The molecule has 1 unspecified atom stereocenters. The van der Waals surface area contributed by atoms with Crippen molar-refractivity contribution >= 4 is 44.9 Å². The van der Waals surface area contributed by atoms with E-state index in [1.165, 1.54) is 0 Å². The maximum Gasteiger partial charge on any atom is 0.304 e. The number of amides is 1. The zero-order valence-electron chi connectivity index (χ0n) is 21.8. The van der Waals surface area contributed by atoms with Gasteiger partial charge in [-0.2, -0.15) is 0 Å². The number of benzene rings is 2. The largest absolute Gasteiger partial charge is 0.481 e. The fourth-order valence-electron chi connectivity index (χ4n) is 5.27. The number of carboxylic acid groups (broad SMARTS) is 1. The Labute approximate surface area is 229 Å². The lowest BCUT2D eigenvalue weighted by Crippen LogP contribution is -2.59. The lowest BCUT2D eigenvalue weighted by molar-refractivity contribution is -0.161. The Balaban J connectivity index is 2.30. The van der Waals surface area contributed by atoms with Crippen LogP contribution < -0.4 is 0 Å². The maximum absolute atomic E-state index is 14.3. The van der Waals surface area contributed by atoms with E-state index in [-0.39, 0.29) is 36.3 Å². The summed E-state index contributed by atoms with van der Waals surface area (Å²) < 4.78 is 26.3. The second-order valence-corrected chi connectivity index (χ2v) is 14.4. The Morgan fingerprint density at radius 3 is 2.19 bits per heavy atom. The van der Waals surface area contributed by atoms with Crippen LogP contribution in [0.1, 0.15) is 70.5 Å². The van der Waals surface area contributed by atoms with Crippen molar-refractivity contribution in [2.45, 2.75) is 70.7 Å². The van der Waals surface area contributed by atoms with Crippen molar-refractivity contribution in [3.05, 3.63) is 69.7 Å². The average Bonchev–Trinajstić information content (AvgIpc) is 2.79. The predicted octanol–water partition coefficient (Wildman–Crippen LogP) is 6.38. The van der Waals surface area contributed by atoms with Crippen LogP contribution in [0.25, 0.3) is 0 Å². The maximum atomic E-state index is 14.3. The monoisotopic (exact) mass is 567 g/mol. The van der Waals surface area contributed by atoms with Crippen LogP contribution in [0.3, 0.4) is 0 Å². The number of nitrogens with zero attached hydrogens (tertiary/aromatic N) is 1. The molecule has 4 atom stereocenters. The topological polar surface area (TPSA) is 91.8 Å². The number of hydrogen-bond acceptors (Lipinski definition) is 4. The van der Waals surface area contributed by atoms with Crippen molar-refractivity contribution in [3.8, 4) is 0 Å². The summed E-state index contributed by atoms with van der Waals surface area (Å²) in [6, 6.07) is 13.3. The van der Waals surface area contributed by atoms with Gasteiger partial charge in [-0.05, 0) is 61.6 Å². The number of hydrogen-bond donors (Lipinski definition) is 1. The van der Waals surface area contributed by atoms with Crippen LogP contribution in [0.15, 0.2) is 48.5 Å². The molecule has 2 aromatic rings. The van der Waals surface area contributed by atoms with Crippen LogP contribution in [-0.4, -0.2) is 47.3 Å². The second-order valence-electron chi connectivity index (χ2n) is 10.9. The molecule has 1 heterocycles. The minimum absolute atomic E-state index is 0.209. The quantitative estimate of drug-likeness (QED) is 0.379. The van der Waals surface area contributed by atoms with Crippen molar-refractivity contribution in [1.82, 2.24) is 4.90 Å². The molecule has 202 valence electrons. The smallest absolute Gasteiger partial charge is 0.304 e. The Hall–Kier alpha value is -2.09. The number of halogens is 2. The van der Waals surface area contributed by atoms with E-state index in [1.54, 1.807) is 43.9 Å². The van der Waals surface area contributed by atoms with Gasteiger partial charge >= 0.3 is 5.97 Å². The summed E-state index contributed by atoms with van der Waals surface area (Å²) in [4.78, 5) is 27.9. The van der Waals surface area contributed by atoms with Crippen molar-refractivity contribution in [3.63, 3.8) is 0 Å². The molecular weight excluding hydrogens is 533 g/mol. The Kier molecular flexibility index (Phi) is 9.03. The number of carbonyl (C=O) groups excluding carboxylic acids is 1. The van der Waals surface area contributed by atoms with E-state index in [0.29, 0.717) is 10.0 Å². The molecule has 1 N–H and O–H groups in total. The molecule has 0 aliphatic carbocycles. The van der Waals surface area contributed by atoms with Gasteiger partial charge in [0.05, 0.1) is 28.9 Å². The molecule has 37 heavy (non-hydrogen) atoms. The van der Waals surface area contributed by atoms with E-state index in [4.69, 9.17) is 23.2 Å². The fourth-order valence-corrected chi connectivity index (χ4v) is 7.00. The van der Waals surface area contributed by atoms with Gasteiger partial charge in [0.15, 0.2) is 9.84 Å². The number of carbonyl (C=O) groups is 2. The van der Waals surface area contributed by atoms with E-state index >= 15 is 0 Å². The summed E-state index contributed by atoms with van der Waals surface area (Å²) in [5.41, 5.74) is 0.416. The summed E-state index contributed by atoms with van der Waals surface area (Å²) in [6.07, 6.45) is -0.0987. The van der Waals surface area contributed by atoms with E-state index in [1.807, 2.05) is 44.2 Å². The van der Waals surface area contributed by atoms with E-state index < -0.39 is 38.6 Å². The first-order valence-corrected chi connectivity index (χ1v) is 14.9. The molecule has 0 bridgehead atoms. The van der Waals surface area contributed by atoms with Gasteiger partial charge < -0.3 is 10.0 Å². The van der Waals surface area contributed by atoms with Gasteiger partial charge in [-0.3, -0.25) is 9.59 Å². The predicted molar refractivity (Wildman–Crippen MR) is 148 cm³/mol. The lowest BCUT2D eigenvalue weighted by Gasteiger charge is -2.52. The number of aliphatic carboxylic acids is 1. The molecule has 3 rings (SSSR count). The third-order valence-corrected chi connectivity index (χ3v) is 10.1. The Morgan fingerprint density at radius 2 is 1.68 bits per heavy atom. The van der Waals surface area contributed by atoms with Crippen molar-refractivity contribution in [2.75, 3.05) is 5.75 Å². The molecule has 0 aromatic heterocycles. The van der Waals surface area contributed by atoms with Crippen molar-refractivity contribution < 1.29 is 23.1 Å². The molecule has 1 aliphatic rings. The molecule has 0 radical (unpaired) electrons. The first-order chi connectivity index (χ1) is 17.2. The van der Waals surface area contributed by atoms with Gasteiger partial charge in [-0.15, -0.1) is 0 Å². The van der Waals surface area contributed by atoms with Crippen LogP contribution in [0.4, 0.5) is 0 Å². The highest BCUT2D eigenvalue weighted by atomic mass is 35.5. The van der Waals surface area contributed by atoms with Crippen LogP contribution in [0, 0.1) is 11.3 Å². The lowest BCUT2D eigenvalue weighted by atomic mass is 9.66. The van der Waals surface area contributed by atoms with Gasteiger partial charge in [-0.1, -0.05) is 68.2 Å². The first kappa shape index (κ1) is 29.5. The standard InChI is InChI=1S/C28H35Cl2NO5S/c1-17(2)24(16-37(35,36)18(3)4)31-26(19-9-11-21(29)12-10-19)23(20-7-6-8-22(30)13-20)14-28(5,27(31)34)15-25(32)33/h6-13,17-18,23-24,26H,14-16H2,1-5H3,(H,32,33)/t23-,24-,26-,28?/m1/s1. The zero-order chi connectivity index (χ0) is 27.7. The van der Waals surface area contributed by atoms with E-state index in [9.17, 15) is 23.1 Å². The number of rotatable bonds is 9. The normalized spacial score (nSPS) is 23.5. The highest BCUT2D eigenvalue weighted by molar-refractivity contribution is 7.92. The minimum atomic E-state index is -3.53. The minimum Gasteiger partial charge on any atom is -0.481 e. The third kappa shape index (κ3) is 6.50. The van der Waals surface area contributed by atoms with Gasteiger partial charge in [0.1, 0.15) is 0 Å². The fraction of sp³-hybridized carbons (Fsp3) is 0.500. The molecular formula is C28H35Cl2NO5S. The van der Waals surface area contributed by atoms with Crippen LogP contribution in [0.5, 0.6) is 0 Å². The molecule has 9 heteroatoms. The average molecular weight is 569 g/mol. The molecule has 0 spiro atoms. The Morgan fingerprint density at radius 1 is 1.05 bits per heavy atom.